The molecule has 2 aromatic heterocycles. The van der Waals surface area contributed by atoms with Crippen LogP contribution in [-0.4, -0.2) is 110 Å². The molecule has 0 bridgehead atoms. The third-order valence-corrected chi connectivity index (χ3v) is 4.25. The number of hydrogen-bond acceptors (Lipinski definition) is 24. The van der Waals surface area contributed by atoms with Gasteiger partial charge in [0.2, 0.25) is 0 Å². The molecule has 65 heavy (non-hydrogen) atoms. The van der Waals surface area contributed by atoms with Crippen molar-refractivity contribution in [1.29, 1.82) is 0 Å². The summed E-state index contributed by atoms with van der Waals surface area (Å²) in [6, 6.07) is 8.52. The Hall–Kier alpha value is -5.28. The van der Waals surface area contributed by atoms with E-state index in [2.05, 4.69) is 9.97 Å². The molecule has 0 fully saturated rings. The predicted octanol–water partition coefficient (Wildman–Crippen LogP) is -2.84. The van der Waals surface area contributed by atoms with Crippen molar-refractivity contribution in [3.8, 4) is 0 Å². The number of ether oxygens (including phenoxy) is 1. The summed E-state index contributed by atoms with van der Waals surface area (Å²) in [5.74, 6) is -3.86. The molecule has 0 aliphatic rings. The summed E-state index contributed by atoms with van der Waals surface area (Å²) in [4.78, 5) is 75.5. The molecule has 2 heterocycles. The van der Waals surface area contributed by atoms with Crippen molar-refractivity contribution in [2.24, 2.45) is 0 Å². The number of hydrogen-bond donors (Lipinski definition) is 4. The minimum Gasteiger partial charge on any atom is -0.871 e. The number of aliphatic hydroxyl groups excluding tert-OH is 4. The van der Waals surface area contributed by atoms with Crippen LogP contribution in [0.4, 0.5) is 0 Å². The zero-order chi connectivity index (χ0) is 50.3. The van der Waals surface area contributed by atoms with Gasteiger partial charge in [-0.2, -0.15) is 0 Å². The fourth-order valence-electron chi connectivity index (χ4n) is 2.66. The molecule has 0 unspecified atom stereocenters. The van der Waals surface area contributed by atoms with E-state index in [0.29, 0.717) is 0 Å². The van der Waals surface area contributed by atoms with E-state index < -0.39 is 61.4 Å². The molecule has 31 heteroatoms. The minimum atomic E-state index is -1.75. The Labute approximate surface area is 421 Å². The van der Waals surface area contributed by atoms with E-state index in [1.165, 1.54) is 64.1 Å². The van der Waals surface area contributed by atoms with Crippen LogP contribution in [0.3, 0.4) is 0 Å². The molecule has 0 atom stereocenters. The monoisotopic (exact) mass is 1180 g/mol. The smallest absolute Gasteiger partial charge is 0.871 e. The van der Waals surface area contributed by atoms with Crippen LogP contribution in [0.2, 0.25) is 0 Å². The van der Waals surface area contributed by atoms with Gasteiger partial charge in [-0.15, -0.1) is 0 Å². The number of pyridine rings is 2. The third kappa shape index (κ3) is 79.6. The Morgan fingerprint density at radius 1 is 0.492 bits per heavy atom. The van der Waals surface area contributed by atoms with Crippen molar-refractivity contribution in [3.05, 3.63) is 129 Å². The van der Waals surface area contributed by atoms with Gasteiger partial charge in [0, 0.05) is 41.7 Å². The normalized spacial score (nSPS) is 8.95. The van der Waals surface area contributed by atoms with Crippen LogP contribution < -0.4 is 20.4 Å². The second-order valence-electron chi connectivity index (χ2n) is 8.75. The van der Waals surface area contributed by atoms with E-state index >= 15 is 0 Å². The van der Waals surface area contributed by atoms with Crippen molar-refractivity contribution >= 4 is 46.2 Å². The second kappa shape index (κ2) is 65.3. The first-order valence-electron chi connectivity index (χ1n) is 15.7. The number of carbonyl (C=O) groups is 4. The molecule has 382 valence electrons. The van der Waals surface area contributed by atoms with Gasteiger partial charge in [0.1, 0.15) is 0 Å². The summed E-state index contributed by atoms with van der Waals surface area (Å²) in [5.41, 5.74) is -0.0259. The zero-order valence-electron chi connectivity index (χ0n) is 36.0. The fourth-order valence-corrected chi connectivity index (χ4v) is 2.66. The molecular weight excluding hydrogens is 1130 g/mol. The average molecular weight is 1180 g/mol. The van der Waals surface area contributed by atoms with E-state index in [-0.39, 0.29) is 98.1 Å². The number of rotatable bonds is 10. The van der Waals surface area contributed by atoms with Crippen LogP contribution in [0.15, 0.2) is 60.7 Å². The van der Waals surface area contributed by atoms with Gasteiger partial charge in [0.15, 0.2) is 23.1 Å². The minimum absolute atomic E-state index is 0. The number of nitrogens with zero attached hydrogens (tertiary/aromatic N) is 5. The summed E-state index contributed by atoms with van der Waals surface area (Å²) in [6.07, 6.45) is 3.58. The van der Waals surface area contributed by atoms with Gasteiger partial charge in [-0.05, 0) is 90.1 Å². The SMILES string of the molecule is CC(=O)/C=C(\[O-])c1cccc(/C([O-])=C/C(C)=O)n1.CC(=O)/C=C(\[O-])c1cccc(/C([O-])=C/C(C)=O)n1.CCOCC.CO.CO.CO.CO.O=[N+]([O-])[O-].O=[N+]([O-])[O-].O=[N+]([O-])[O-].[Ni+2].[Ni+2].[OH3+].[Tm+3]. The van der Waals surface area contributed by atoms with Crippen LogP contribution in [0.25, 0.3) is 23.0 Å². The summed E-state index contributed by atoms with van der Waals surface area (Å²) in [5, 5.41) is 118. The Balaban J connectivity index is -0.0000000553. The molecule has 0 aliphatic carbocycles. The largest absolute Gasteiger partial charge is 3.00 e. The van der Waals surface area contributed by atoms with Crippen molar-refractivity contribution in [2.75, 3.05) is 41.7 Å². The molecule has 2 rings (SSSR count). The summed E-state index contributed by atoms with van der Waals surface area (Å²) < 4.78 is 4.83. The first-order valence-corrected chi connectivity index (χ1v) is 15.7. The number of carbonyl (C=O) groups excluding carboxylic acids is 4. The topological polar surface area (TPSA) is 508 Å². The third-order valence-electron chi connectivity index (χ3n) is 4.25. The van der Waals surface area contributed by atoms with Gasteiger partial charge in [0.25, 0.3) is 0 Å². The van der Waals surface area contributed by atoms with E-state index in [1.807, 2.05) is 13.8 Å². The number of aromatic nitrogens is 2. The first kappa shape index (κ1) is 90.4. The molecule has 0 saturated carbocycles. The molecule has 0 saturated heterocycles. The molecule has 0 aromatic carbocycles. The Kier molecular flexibility index (Phi) is 90.9. The van der Waals surface area contributed by atoms with Gasteiger partial charge in [-0.3, -0.25) is 29.1 Å². The van der Waals surface area contributed by atoms with E-state index in [4.69, 9.17) is 71.1 Å². The molecule has 7 N–H and O–H groups in total. The maximum absolute atomic E-state index is 11.5. The van der Waals surface area contributed by atoms with E-state index in [1.54, 1.807) is 0 Å². The van der Waals surface area contributed by atoms with Gasteiger partial charge in [0.05, 0.1) is 38.0 Å². The maximum atomic E-state index is 11.5. The van der Waals surface area contributed by atoms with Crippen molar-refractivity contribution in [3.63, 3.8) is 0 Å². The van der Waals surface area contributed by atoms with Crippen LogP contribution in [0.1, 0.15) is 64.3 Å². The van der Waals surface area contributed by atoms with Crippen molar-refractivity contribution in [1.82, 2.24) is 9.97 Å². The van der Waals surface area contributed by atoms with Gasteiger partial charge in [-0.1, -0.05) is 35.2 Å². The summed E-state index contributed by atoms with van der Waals surface area (Å²) in [7, 11) is 4.00. The Bertz CT molecular complexity index is 1450. The molecule has 0 amide bonds. The molecule has 28 nitrogen and oxygen atoms in total. The first-order chi connectivity index (χ1) is 28.4. The second-order valence-corrected chi connectivity index (χ2v) is 8.75. The Morgan fingerprint density at radius 2 is 0.631 bits per heavy atom. The van der Waals surface area contributed by atoms with Crippen LogP contribution in [0.5, 0.6) is 0 Å². The van der Waals surface area contributed by atoms with Crippen molar-refractivity contribution < 1.29 is 155 Å². The summed E-state index contributed by atoms with van der Waals surface area (Å²) >= 11 is 0. The van der Waals surface area contributed by atoms with Crippen LogP contribution in [0, 0.1) is 82.8 Å². The van der Waals surface area contributed by atoms with E-state index in [9.17, 15) is 39.6 Å². The number of allylic oxidation sites excluding steroid dienone is 4. The fraction of sp³-hybridized carbons (Fsp3) is 0.353. The van der Waals surface area contributed by atoms with Gasteiger partial charge < -0.3 is 97.0 Å². The zero-order valence-corrected chi connectivity index (χ0v) is 39.8. The quantitative estimate of drug-likeness (QED) is 0.0465. The Morgan fingerprint density at radius 3 is 0.723 bits per heavy atom. The molecule has 2 aromatic rings. The van der Waals surface area contributed by atoms with Gasteiger partial charge >= 0.3 is 69.9 Å². The van der Waals surface area contributed by atoms with E-state index in [0.717, 1.165) is 66.0 Å². The standard InChI is InChI=1S/2C13H13NO4.C4H10O.4CH4O.3NO3.2Ni.H2O.Tm/c2*1-8(15)6-12(17)10-4-3-5-11(14-10)13(18)7-9(2)16;1-3-5-4-2;4*1-2;3*2-1(3)4;;;;/h2*3-7,17-18H,1-2H3;3-4H2,1-2H3;4*2H,1H3;;;;;;1H2;/q;;;;;;;3*-1;2*+2;;+3/p-3/b2*12-6-,13-7-;;;;;;;;;;;;. The molecule has 0 radical (unpaired) electrons. The number of aliphatic hydroxyl groups is 4. The van der Waals surface area contributed by atoms with Crippen LogP contribution >= 0.6 is 0 Å². The van der Waals surface area contributed by atoms with Crippen LogP contribution in [-0.2, 0) is 62.4 Å². The van der Waals surface area contributed by atoms with Gasteiger partial charge in [-0.25, -0.2) is 0 Å². The molecule has 0 aliphatic heterocycles. The van der Waals surface area contributed by atoms with Crippen molar-refractivity contribution in [2.45, 2.75) is 41.5 Å². The molecule has 0 spiro atoms. The predicted molar refractivity (Wildman–Crippen MR) is 214 cm³/mol. The molecular formula is C34H51N5Ni2O23Tm+. The number of ketones is 4. The maximum Gasteiger partial charge on any atom is 3.00 e. The summed E-state index contributed by atoms with van der Waals surface area (Å²) in [6.45, 7) is 10.7. The average Bonchev–Trinajstić information content (AvgIpc) is 3.17.